The predicted molar refractivity (Wildman–Crippen MR) is 180 cm³/mol. The van der Waals surface area contributed by atoms with E-state index in [9.17, 15) is 0 Å². The maximum atomic E-state index is 7.49. The minimum absolute atomic E-state index is 0. The fraction of sp³-hybridized carbons (Fsp3) is 0.371. The molecule has 0 aromatic heterocycles. The van der Waals surface area contributed by atoms with Gasteiger partial charge in [0, 0.05) is 0 Å². The summed E-state index contributed by atoms with van der Waals surface area (Å²) in [5.41, 5.74) is 8.83. The number of hydrogen-bond acceptors (Lipinski definition) is 1. The van der Waals surface area contributed by atoms with Crippen LogP contribution in [0.25, 0.3) is 21.9 Å². The van der Waals surface area contributed by atoms with Crippen LogP contribution in [0.5, 0.6) is 5.75 Å². The first-order chi connectivity index (χ1) is 17.8. The topological polar surface area (TPSA) is 9.23 Å². The summed E-state index contributed by atoms with van der Waals surface area (Å²) < 4.78 is 10.0. The molecule has 0 fully saturated rings. The van der Waals surface area contributed by atoms with E-state index in [4.69, 9.17) is 3.32 Å². The molecule has 0 aliphatic heterocycles. The van der Waals surface area contributed by atoms with Gasteiger partial charge in [-0.1, -0.05) is 0 Å². The first-order valence-electron chi connectivity index (χ1n) is 14.3. The molecule has 1 nitrogen and oxygen atoms in total. The summed E-state index contributed by atoms with van der Waals surface area (Å²) >= 11 is -3.66. The first kappa shape index (κ1) is 33.0. The number of rotatable bonds is 5. The molecular weight excluding hydrogens is 583 g/mol. The second-order valence-corrected chi connectivity index (χ2v) is 30.2. The number of halogens is 2. The number of fused-ring (bicyclic) bond motifs is 4. The molecule has 0 spiro atoms. The standard InChI is InChI=1S/C21H25.C10H8O.2C2H5.2ClH.H2Si.Ti/c1-20(2,3)16-9-7-14-11-15-8-10-17(21(4,5)6)13-19(15)18(14)12-16;11-10-6-5-8-3-1-2-4-9(8)7-10;2*1-2;;;;/h7-13H,1-6H3;1-7,11H;2*1H2,2H3;2*1H;1H2;/q;;;;;;;+1/p-1. The van der Waals surface area contributed by atoms with Gasteiger partial charge in [-0.15, -0.1) is 24.8 Å². The summed E-state index contributed by atoms with van der Waals surface area (Å²) in [6, 6.07) is 29.9. The predicted octanol–water partition coefficient (Wildman–Crippen LogP) is 10.5. The number of hydrogen-bond donors (Lipinski definition) is 0. The Morgan fingerprint density at radius 1 is 0.650 bits per heavy atom. The molecule has 4 aromatic rings. The Morgan fingerprint density at radius 3 is 1.57 bits per heavy atom. The van der Waals surface area contributed by atoms with Gasteiger partial charge in [-0.05, 0) is 0 Å². The van der Waals surface area contributed by atoms with Crippen LogP contribution in [-0.4, -0.2) is 7.63 Å². The zero-order chi connectivity index (χ0) is 27.5. The van der Waals surface area contributed by atoms with E-state index in [-0.39, 0.29) is 35.6 Å². The molecule has 4 aromatic carbocycles. The van der Waals surface area contributed by atoms with Crippen molar-refractivity contribution < 1.29 is 17.7 Å². The third kappa shape index (κ3) is 5.60. The Balaban J connectivity index is 0.00000220. The maximum Gasteiger partial charge on any atom is -0.147 e. The molecule has 0 radical (unpaired) electrons. The third-order valence-electron chi connectivity index (χ3n) is 9.29. The van der Waals surface area contributed by atoms with Crippen LogP contribution >= 0.6 is 24.8 Å². The normalized spacial score (nSPS) is 13.7. The molecule has 0 saturated carbocycles. The van der Waals surface area contributed by atoms with Gasteiger partial charge in [0.1, 0.15) is 0 Å². The molecule has 5 heteroatoms. The van der Waals surface area contributed by atoms with Gasteiger partial charge in [-0.25, -0.2) is 0 Å². The summed E-state index contributed by atoms with van der Waals surface area (Å²) in [4.78, 5) is 0. The largest absolute Gasteiger partial charge is 0.147 e. The van der Waals surface area contributed by atoms with E-state index in [2.05, 4.69) is 142 Å². The summed E-state index contributed by atoms with van der Waals surface area (Å²) in [5, 5.41) is 2.51. The van der Waals surface area contributed by atoms with E-state index in [1.807, 2.05) is 0 Å². The molecule has 0 amide bonds. The molecule has 5 rings (SSSR count). The molecule has 214 valence electrons. The Labute approximate surface area is 257 Å². The zero-order valence-corrected chi connectivity index (χ0v) is 30.0. The van der Waals surface area contributed by atoms with E-state index in [0.717, 1.165) is 15.2 Å². The molecule has 0 N–H and O–H groups in total. The van der Waals surface area contributed by atoms with Gasteiger partial charge in [0.15, 0.2) is 0 Å². The molecule has 40 heavy (non-hydrogen) atoms. The van der Waals surface area contributed by atoms with E-state index < -0.39 is 14.4 Å². The van der Waals surface area contributed by atoms with Crippen LogP contribution < -0.4 is 3.32 Å². The average Bonchev–Trinajstić information content (AvgIpc) is 3.22. The van der Waals surface area contributed by atoms with Crippen LogP contribution in [0.3, 0.4) is 0 Å². The summed E-state index contributed by atoms with van der Waals surface area (Å²) in [5.74, 6) is 1.03. The van der Waals surface area contributed by atoms with Gasteiger partial charge in [0.25, 0.3) is 0 Å². The van der Waals surface area contributed by atoms with E-state index in [1.54, 1.807) is 0 Å². The van der Waals surface area contributed by atoms with Crippen LogP contribution in [0.2, 0.25) is 9.45 Å². The molecule has 1 aliphatic rings. The Hall–Kier alpha value is -1.55. The second-order valence-electron chi connectivity index (χ2n) is 13.8. The quantitative estimate of drug-likeness (QED) is 0.200. The smallest absolute Gasteiger partial charge is 0.147 e. The van der Waals surface area contributed by atoms with Crippen molar-refractivity contribution in [2.75, 3.05) is 0 Å². The average molecular weight is 630 g/mol. The van der Waals surface area contributed by atoms with Crippen LogP contribution in [0, 0.1) is 0 Å². The SMILES string of the molecule is C[CH2][Ti](=[SiH2])([CH2]C)([O]c1ccc2ccccc2c1)[CH]1c2ccc(C(C)(C)C)cc2-c2cc(C(C)(C)C)ccc21.Cl.Cl. The molecule has 0 unspecified atom stereocenters. The van der Waals surface area contributed by atoms with Gasteiger partial charge in [0.05, 0.1) is 0 Å². The Kier molecular flexibility index (Phi) is 9.29. The molecule has 0 saturated heterocycles. The Bertz CT molecular complexity index is 1540. The van der Waals surface area contributed by atoms with Crippen molar-refractivity contribution in [1.82, 2.24) is 0 Å². The fourth-order valence-corrected chi connectivity index (χ4v) is 16.0. The summed E-state index contributed by atoms with van der Waals surface area (Å²) in [7, 11) is 2.27. The zero-order valence-electron chi connectivity index (χ0n) is 25.4. The van der Waals surface area contributed by atoms with Crippen molar-refractivity contribution in [2.45, 2.75) is 79.9 Å². The second kappa shape index (κ2) is 11.3. The van der Waals surface area contributed by atoms with E-state index in [1.165, 1.54) is 44.2 Å². The van der Waals surface area contributed by atoms with Crippen molar-refractivity contribution in [2.24, 2.45) is 0 Å². The maximum absolute atomic E-state index is 7.49. The van der Waals surface area contributed by atoms with Gasteiger partial charge in [-0.3, -0.25) is 0 Å². The van der Waals surface area contributed by atoms with Crippen molar-refractivity contribution >= 4 is 43.2 Å². The van der Waals surface area contributed by atoms with Crippen molar-refractivity contribution in [3.05, 3.63) is 101 Å². The first-order valence-corrected chi connectivity index (χ1v) is 22.1. The number of benzene rings is 4. The van der Waals surface area contributed by atoms with Gasteiger partial charge in [-0.2, -0.15) is 0 Å². The monoisotopic (exact) mass is 628 g/mol. The van der Waals surface area contributed by atoms with Crippen LogP contribution in [0.4, 0.5) is 0 Å². The summed E-state index contributed by atoms with van der Waals surface area (Å²) in [6.07, 6.45) is 0. The van der Waals surface area contributed by atoms with E-state index >= 15 is 0 Å². The van der Waals surface area contributed by atoms with Gasteiger partial charge < -0.3 is 0 Å². The third-order valence-corrected chi connectivity index (χ3v) is 25.5. The summed E-state index contributed by atoms with van der Waals surface area (Å²) in [6.45, 7) is 18.7. The van der Waals surface area contributed by atoms with Crippen molar-refractivity contribution in [1.29, 1.82) is 0 Å². The Morgan fingerprint density at radius 2 is 1.12 bits per heavy atom. The van der Waals surface area contributed by atoms with Crippen LogP contribution in [0.15, 0.2) is 78.9 Å². The molecule has 0 bridgehead atoms. The van der Waals surface area contributed by atoms with Gasteiger partial charge >= 0.3 is 234 Å². The van der Waals surface area contributed by atoms with Gasteiger partial charge in [0.2, 0.25) is 0 Å². The minimum Gasteiger partial charge on any atom is -0.147 e. The van der Waals surface area contributed by atoms with Crippen LogP contribution in [0.1, 0.15) is 81.9 Å². The van der Waals surface area contributed by atoms with Crippen molar-refractivity contribution in [3.8, 4) is 16.9 Å². The minimum atomic E-state index is -3.66. The molecule has 1 aliphatic carbocycles. The molecule has 0 heterocycles. The van der Waals surface area contributed by atoms with E-state index in [0.29, 0.717) is 4.22 Å². The molecular formula is C35H46Cl2OSiTi. The van der Waals surface area contributed by atoms with Crippen molar-refractivity contribution in [3.63, 3.8) is 0 Å². The fourth-order valence-electron chi connectivity index (χ4n) is 6.38. The van der Waals surface area contributed by atoms with Crippen LogP contribution in [-0.2, 0) is 25.3 Å². The molecule has 0 atom stereocenters.